The van der Waals surface area contributed by atoms with Gasteiger partial charge in [-0.15, -0.1) is 0 Å². The maximum atomic E-state index is 12.1. The van der Waals surface area contributed by atoms with E-state index in [1.165, 1.54) is 13.1 Å². The van der Waals surface area contributed by atoms with Crippen LogP contribution in [0.3, 0.4) is 0 Å². The minimum absolute atomic E-state index is 0.0543. The first kappa shape index (κ1) is 14.0. The molecule has 1 aromatic rings. The summed E-state index contributed by atoms with van der Waals surface area (Å²) in [4.78, 5) is 12.1. The van der Waals surface area contributed by atoms with Gasteiger partial charge < -0.3 is 11.1 Å². The molecule has 104 valence electrons. The van der Waals surface area contributed by atoms with Crippen molar-refractivity contribution >= 4 is 21.6 Å². The van der Waals surface area contributed by atoms with Gasteiger partial charge in [-0.2, -0.15) is 0 Å². The van der Waals surface area contributed by atoms with E-state index in [0.29, 0.717) is 0 Å². The van der Waals surface area contributed by atoms with Crippen molar-refractivity contribution in [2.75, 3.05) is 18.9 Å². The van der Waals surface area contributed by atoms with Crippen molar-refractivity contribution in [3.05, 3.63) is 24.3 Å². The molecule has 0 bridgehead atoms. The van der Waals surface area contributed by atoms with Crippen LogP contribution in [0.2, 0.25) is 0 Å². The molecular formula is C12H17N3O3S. The van der Waals surface area contributed by atoms with Gasteiger partial charge >= 0.3 is 0 Å². The number of carbonyl (C=O) groups is 1. The third kappa shape index (κ3) is 2.63. The van der Waals surface area contributed by atoms with Crippen LogP contribution < -0.4 is 15.8 Å². The van der Waals surface area contributed by atoms with Crippen LogP contribution in [0.25, 0.3) is 0 Å². The lowest BCUT2D eigenvalue weighted by atomic mass is 10.1. The highest BCUT2D eigenvalue weighted by molar-refractivity contribution is 7.89. The highest BCUT2D eigenvalue weighted by Crippen LogP contribution is 2.45. The van der Waals surface area contributed by atoms with Crippen molar-refractivity contribution in [3.8, 4) is 0 Å². The minimum Gasteiger partial charge on any atom is -0.329 e. The van der Waals surface area contributed by atoms with Crippen molar-refractivity contribution in [1.29, 1.82) is 0 Å². The van der Waals surface area contributed by atoms with Gasteiger partial charge in [0, 0.05) is 6.54 Å². The van der Waals surface area contributed by atoms with Crippen molar-refractivity contribution < 1.29 is 13.2 Å². The Kier molecular flexibility index (Phi) is 3.62. The van der Waals surface area contributed by atoms with E-state index in [9.17, 15) is 13.2 Å². The average molecular weight is 283 g/mol. The van der Waals surface area contributed by atoms with Gasteiger partial charge in [0.25, 0.3) is 0 Å². The third-order valence-corrected chi connectivity index (χ3v) is 4.89. The molecule has 1 aliphatic rings. The number of nitrogens with two attached hydrogens (primary N) is 1. The molecule has 7 heteroatoms. The summed E-state index contributed by atoms with van der Waals surface area (Å²) in [5.41, 5.74) is 5.34. The molecule has 0 aliphatic heterocycles. The Morgan fingerprint density at radius 1 is 1.37 bits per heavy atom. The highest BCUT2D eigenvalue weighted by Gasteiger charge is 2.48. The van der Waals surface area contributed by atoms with Crippen molar-refractivity contribution in [2.24, 2.45) is 11.1 Å². The Balaban J connectivity index is 2.29. The van der Waals surface area contributed by atoms with E-state index in [1.54, 1.807) is 18.2 Å². The predicted octanol–water partition coefficient (Wildman–Crippen LogP) is 0.272. The van der Waals surface area contributed by atoms with Gasteiger partial charge in [-0.1, -0.05) is 12.1 Å². The molecule has 0 atom stereocenters. The lowest BCUT2D eigenvalue weighted by Gasteiger charge is -2.15. The van der Waals surface area contributed by atoms with Gasteiger partial charge in [0.2, 0.25) is 15.9 Å². The summed E-state index contributed by atoms with van der Waals surface area (Å²) in [6.07, 6.45) is 1.49. The smallest absolute Gasteiger partial charge is 0.242 e. The molecule has 0 heterocycles. The largest absolute Gasteiger partial charge is 0.329 e. The highest BCUT2D eigenvalue weighted by atomic mass is 32.2. The zero-order valence-corrected chi connectivity index (χ0v) is 11.5. The van der Waals surface area contributed by atoms with Gasteiger partial charge in [-0.05, 0) is 32.0 Å². The molecule has 1 aliphatic carbocycles. The molecule has 1 saturated carbocycles. The standard InChI is InChI=1S/C12H17N3O3S/c1-14-19(17,18)10-5-3-2-4-9(10)15-11(16)12(8-13)6-7-12/h2-5,14H,6-8,13H2,1H3,(H,15,16). The minimum atomic E-state index is -3.60. The fourth-order valence-corrected chi connectivity index (χ4v) is 2.73. The maximum Gasteiger partial charge on any atom is 0.242 e. The van der Waals surface area contributed by atoms with E-state index in [2.05, 4.69) is 10.0 Å². The van der Waals surface area contributed by atoms with E-state index in [1.807, 2.05) is 0 Å². The Morgan fingerprint density at radius 3 is 2.53 bits per heavy atom. The molecule has 0 saturated heterocycles. The molecule has 2 rings (SSSR count). The zero-order chi connectivity index (χ0) is 14.1. The number of carbonyl (C=O) groups excluding carboxylic acids is 1. The molecule has 0 radical (unpaired) electrons. The van der Waals surface area contributed by atoms with Crippen molar-refractivity contribution in [2.45, 2.75) is 17.7 Å². The number of nitrogens with one attached hydrogen (secondary N) is 2. The summed E-state index contributed by atoms with van der Waals surface area (Å²) in [6.45, 7) is 0.278. The van der Waals surface area contributed by atoms with Gasteiger partial charge in [0.15, 0.2) is 0 Å². The second kappa shape index (κ2) is 4.92. The number of hydrogen-bond donors (Lipinski definition) is 3. The van der Waals surface area contributed by atoms with E-state index < -0.39 is 15.4 Å². The fourth-order valence-electron chi connectivity index (χ4n) is 1.84. The Morgan fingerprint density at radius 2 is 2.00 bits per heavy atom. The number of anilines is 1. The first-order valence-electron chi connectivity index (χ1n) is 5.99. The molecule has 1 fully saturated rings. The normalized spacial score (nSPS) is 16.9. The Bertz CT molecular complexity index is 594. The van der Waals surface area contributed by atoms with Gasteiger partial charge in [0.05, 0.1) is 11.1 Å². The molecule has 1 amide bonds. The summed E-state index contributed by atoms with van der Waals surface area (Å²) in [5.74, 6) is -0.214. The average Bonchev–Trinajstić information content (AvgIpc) is 3.20. The first-order chi connectivity index (χ1) is 8.95. The van der Waals surface area contributed by atoms with Crippen molar-refractivity contribution in [1.82, 2.24) is 4.72 Å². The monoisotopic (exact) mass is 283 g/mol. The van der Waals surface area contributed by atoms with Crippen LogP contribution in [0.5, 0.6) is 0 Å². The number of amides is 1. The quantitative estimate of drug-likeness (QED) is 0.722. The van der Waals surface area contributed by atoms with Crippen LogP contribution in [-0.4, -0.2) is 27.9 Å². The van der Waals surface area contributed by atoms with E-state index in [-0.39, 0.29) is 23.0 Å². The molecule has 0 aromatic heterocycles. The van der Waals surface area contributed by atoms with Crippen LogP contribution in [-0.2, 0) is 14.8 Å². The van der Waals surface area contributed by atoms with Crippen LogP contribution >= 0.6 is 0 Å². The van der Waals surface area contributed by atoms with E-state index in [0.717, 1.165) is 12.8 Å². The topological polar surface area (TPSA) is 101 Å². The summed E-state index contributed by atoms with van der Waals surface area (Å²) >= 11 is 0. The first-order valence-corrected chi connectivity index (χ1v) is 7.48. The molecule has 1 aromatic carbocycles. The molecule has 6 nitrogen and oxygen atoms in total. The maximum absolute atomic E-state index is 12.1. The number of rotatable bonds is 5. The predicted molar refractivity (Wildman–Crippen MR) is 72.0 cm³/mol. The summed E-state index contributed by atoms with van der Waals surface area (Å²) < 4.78 is 25.9. The second-order valence-electron chi connectivity index (χ2n) is 4.64. The van der Waals surface area contributed by atoms with Crippen LogP contribution in [0, 0.1) is 5.41 Å². The van der Waals surface area contributed by atoms with Gasteiger partial charge in [-0.25, -0.2) is 13.1 Å². The van der Waals surface area contributed by atoms with E-state index in [4.69, 9.17) is 5.73 Å². The SMILES string of the molecule is CNS(=O)(=O)c1ccccc1NC(=O)C1(CN)CC1. The molecule has 0 unspecified atom stereocenters. The van der Waals surface area contributed by atoms with Gasteiger partial charge in [-0.3, -0.25) is 4.79 Å². The van der Waals surface area contributed by atoms with E-state index >= 15 is 0 Å². The molecule has 4 N–H and O–H groups in total. The van der Waals surface area contributed by atoms with Crippen LogP contribution in [0.4, 0.5) is 5.69 Å². The second-order valence-corrected chi connectivity index (χ2v) is 6.50. The number of para-hydroxylation sites is 1. The van der Waals surface area contributed by atoms with Gasteiger partial charge in [0.1, 0.15) is 4.90 Å². The number of hydrogen-bond acceptors (Lipinski definition) is 4. The summed E-state index contributed by atoms with van der Waals surface area (Å²) in [7, 11) is -2.27. The Labute approximate surface area is 112 Å². The molecular weight excluding hydrogens is 266 g/mol. The van der Waals surface area contributed by atoms with Crippen LogP contribution in [0.15, 0.2) is 29.2 Å². The van der Waals surface area contributed by atoms with Crippen LogP contribution in [0.1, 0.15) is 12.8 Å². The lowest BCUT2D eigenvalue weighted by molar-refractivity contribution is -0.120. The zero-order valence-electron chi connectivity index (χ0n) is 10.6. The molecule has 0 spiro atoms. The summed E-state index contributed by atoms with van der Waals surface area (Å²) in [5, 5.41) is 2.67. The summed E-state index contributed by atoms with van der Waals surface area (Å²) in [6, 6.07) is 6.29. The lowest BCUT2D eigenvalue weighted by Crippen LogP contribution is -2.31. The third-order valence-electron chi connectivity index (χ3n) is 3.42. The van der Waals surface area contributed by atoms with Crippen molar-refractivity contribution in [3.63, 3.8) is 0 Å². The number of sulfonamides is 1. The molecule has 19 heavy (non-hydrogen) atoms. The fraction of sp³-hybridized carbons (Fsp3) is 0.417. The number of benzene rings is 1. The Hall–Kier alpha value is -1.44.